The van der Waals surface area contributed by atoms with Gasteiger partial charge in [-0.25, -0.2) is 9.78 Å². The molecule has 0 aliphatic heterocycles. The third-order valence-corrected chi connectivity index (χ3v) is 3.92. The Kier molecular flexibility index (Phi) is 7.13. The number of hydrogen-bond acceptors (Lipinski definition) is 5. The largest absolute Gasteiger partial charge is 0.451 e. The van der Waals surface area contributed by atoms with E-state index in [1.165, 1.54) is 11.8 Å². The highest BCUT2D eigenvalue weighted by molar-refractivity contribution is 7.98. The minimum absolute atomic E-state index is 0.193. The molecule has 0 unspecified atom stereocenters. The van der Waals surface area contributed by atoms with E-state index < -0.39 is 5.97 Å². The zero-order chi connectivity index (χ0) is 16.3. The molecule has 0 radical (unpaired) electrons. The van der Waals surface area contributed by atoms with Gasteiger partial charge in [0.15, 0.2) is 6.61 Å². The molecule has 0 saturated carbocycles. The van der Waals surface area contributed by atoms with Gasteiger partial charge in [-0.05, 0) is 17.7 Å². The van der Waals surface area contributed by atoms with Gasteiger partial charge in [-0.2, -0.15) is 11.8 Å². The van der Waals surface area contributed by atoms with Gasteiger partial charge in [0.25, 0.3) is 5.91 Å². The molecule has 2 aromatic rings. The maximum atomic E-state index is 11.6. The number of hydrogen-bond donors (Lipinski definition) is 1. The van der Waals surface area contributed by atoms with Crippen LogP contribution in [0.5, 0.6) is 0 Å². The molecule has 23 heavy (non-hydrogen) atoms. The second-order valence-electron chi connectivity index (χ2n) is 4.68. The summed E-state index contributed by atoms with van der Waals surface area (Å²) in [6.45, 7) is 0.246. The minimum Gasteiger partial charge on any atom is -0.451 e. The molecule has 5 nitrogen and oxygen atoms in total. The highest BCUT2D eigenvalue weighted by Gasteiger charge is 2.10. The van der Waals surface area contributed by atoms with E-state index in [2.05, 4.69) is 22.4 Å². The standard InChI is InChI=1S/C17H18N2O3S/c20-16(12-22-17(21)15-8-4-5-9-18-15)19-10-11-23-13-14-6-2-1-3-7-14/h1-9H,10-13H2,(H,19,20). The fraction of sp³-hybridized carbons (Fsp3) is 0.235. The van der Waals surface area contributed by atoms with E-state index in [1.54, 1.807) is 30.0 Å². The van der Waals surface area contributed by atoms with Crippen LogP contribution in [0.15, 0.2) is 54.7 Å². The Morgan fingerprint density at radius 2 is 1.87 bits per heavy atom. The van der Waals surface area contributed by atoms with E-state index in [4.69, 9.17) is 4.74 Å². The molecule has 0 aliphatic carbocycles. The molecule has 1 aromatic carbocycles. The lowest BCUT2D eigenvalue weighted by Crippen LogP contribution is -2.30. The van der Waals surface area contributed by atoms with Gasteiger partial charge in [0.1, 0.15) is 5.69 Å². The molecule has 2 rings (SSSR count). The lowest BCUT2D eigenvalue weighted by Gasteiger charge is -2.06. The zero-order valence-corrected chi connectivity index (χ0v) is 13.4. The number of thioether (sulfide) groups is 1. The van der Waals surface area contributed by atoms with Gasteiger partial charge in [-0.3, -0.25) is 4.79 Å². The van der Waals surface area contributed by atoms with E-state index in [1.807, 2.05) is 18.2 Å². The number of nitrogens with zero attached hydrogens (tertiary/aromatic N) is 1. The number of amides is 1. The van der Waals surface area contributed by atoms with Crippen molar-refractivity contribution in [3.8, 4) is 0 Å². The van der Waals surface area contributed by atoms with Crippen LogP contribution in [-0.4, -0.2) is 35.8 Å². The van der Waals surface area contributed by atoms with Crippen molar-refractivity contribution in [2.75, 3.05) is 18.9 Å². The van der Waals surface area contributed by atoms with Gasteiger partial charge in [-0.15, -0.1) is 0 Å². The van der Waals surface area contributed by atoms with Crippen LogP contribution < -0.4 is 5.32 Å². The highest BCUT2D eigenvalue weighted by atomic mass is 32.2. The summed E-state index contributed by atoms with van der Waals surface area (Å²) in [6.07, 6.45) is 1.50. The average Bonchev–Trinajstić information content (AvgIpc) is 2.61. The average molecular weight is 330 g/mol. The normalized spacial score (nSPS) is 10.1. The number of benzene rings is 1. The minimum atomic E-state index is -0.598. The van der Waals surface area contributed by atoms with Gasteiger partial charge in [-0.1, -0.05) is 36.4 Å². The first-order chi connectivity index (χ1) is 11.3. The summed E-state index contributed by atoms with van der Waals surface area (Å²) in [5, 5.41) is 2.72. The third-order valence-electron chi connectivity index (χ3n) is 2.89. The second-order valence-corrected chi connectivity index (χ2v) is 5.78. The van der Waals surface area contributed by atoms with Gasteiger partial charge < -0.3 is 10.1 Å². The smallest absolute Gasteiger partial charge is 0.357 e. The van der Waals surface area contributed by atoms with Crippen LogP contribution in [0.2, 0.25) is 0 Å². The second kappa shape index (κ2) is 9.63. The summed E-state index contributed by atoms with van der Waals surface area (Å²) in [5.74, 6) is 0.800. The van der Waals surface area contributed by atoms with Crippen molar-refractivity contribution in [3.05, 3.63) is 66.0 Å². The van der Waals surface area contributed by atoms with E-state index >= 15 is 0 Å². The molecule has 0 aliphatic rings. The van der Waals surface area contributed by atoms with Crippen LogP contribution in [0.1, 0.15) is 16.1 Å². The molecule has 1 N–H and O–H groups in total. The number of aromatic nitrogens is 1. The predicted molar refractivity (Wildman–Crippen MR) is 90.1 cm³/mol. The van der Waals surface area contributed by atoms with Crippen molar-refractivity contribution in [2.24, 2.45) is 0 Å². The van der Waals surface area contributed by atoms with Crippen LogP contribution in [0.4, 0.5) is 0 Å². The molecule has 0 fully saturated rings. The predicted octanol–water partition coefficient (Wildman–Crippen LogP) is 2.29. The maximum absolute atomic E-state index is 11.6. The summed E-state index contributed by atoms with van der Waals surface area (Å²) < 4.78 is 4.90. The number of ether oxygens (including phenoxy) is 1. The van der Waals surface area contributed by atoms with Gasteiger partial charge in [0, 0.05) is 24.2 Å². The number of rotatable bonds is 8. The van der Waals surface area contributed by atoms with Crippen LogP contribution in [0.25, 0.3) is 0 Å². The zero-order valence-electron chi connectivity index (χ0n) is 12.6. The highest BCUT2D eigenvalue weighted by Crippen LogP contribution is 2.10. The fourth-order valence-corrected chi connectivity index (χ4v) is 2.59. The number of carbonyl (C=O) groups is 2. The first-order valence-electron chi connectivity index (χ1n) is 7.22. The van der Waals surface area contributed by atoms with Crippen LogP contribution >= 0.6 is 11.8 Å². The fourth-order valence-electron chi connectivity index (χ4n) is 1.77. The van der Waals surface area contributed by atoms with Crippen LogP contribution in [0.3, 0.4) is 0 Å². The summed E-state index contributed by atoms with van der Waals surface area (Å²) in [5.41, 5.74) is 1.45. The molecule has 0 atom stereocenters. The van der Waals surface area contributed by atoms with Crippen molar-refractivity contribution in [3.63, 3.8) is 0 Å². The molecule has 120 valence electrons. The molecule has 1 amide bonds. The Balaban J connectivity index is 1.56. The molecular formula is C17H18N2O3S. The summed E-state index contributed by atoms with van der Waals surface area (Å²) in [4.78, 5) is 27.1. The van der Waals surface area contributed by atoms with Crippen molar-refractivity contribution in [2.45, 2.75) is 5.75 Å². The van der Waals surface area contributed by atoms with Crippen molar-refractivity contribution < 1.29 is 14.3 Å². The molecular weight excluding hydrogens is 312 g/mol. The Morgan fingerprint density at radius 3 is 2.61 bits per heavy atom. The quantitative estimate of drug-likeness (QED) is 0.594. The Morgan fingerprint density at radius 1 is 1.09 bits per heavy atom. The van der Waals surface area contributed by atoms with E-state index in [9.17, 15) is 9.59 Å². The van der Waals surface area contributed by atoms with Crippen LogP contribution in [0, 0.1) is 0 Å². The molecule has 1 aromatic heterocycles. The van der Waals surface area contributed by atoms with Gasteiger partial charge in [0.2, 0.25) is 0 Å². The van der Waals surface area contributed by atoms with Crippen molar-refractivity contribution in [1.82, 2.24) is 10.3 Å². The van der Waals surface area contributed by atoms with Gasteiger partial charge in [0.05, 0.1) is 0 Å². The number of nitrogens with one attached hydrogen (secondary N) is 1. The van der Waals surface area contributed by atoms with E-state index in [0.29, 0.717) is 6.54 Å². The molecule has 0 spiro atoms. The van der Waals surface area contributed by atoms with E-state index in [0.717, 1.165) is 11.5 Å². The first-order valence-corrected chi connectivity index (χ1v) is 8.37. The summed E-state index contributed by atoms with van der Waals surface area (Å²) in [6, 6.07) is 15.1. The topological polar surface area (TPSA) is 68.3 Å². The SMILES string of the molecule is O=C(COC(=O)c1ccccn1)NCCSCc1ccccc1. The number of esters is 1. The molecule has 1 heterocycles. The van der Waals surface area contributed by atoms with Crippen molar-refractivity contribution in [1.29, 1.82) is 0 Å². The lowest BCUT2D eigenvalue weighted by molar-refractivity contribution is -0.124. The molecule has 0 saturated heterocycles. The van der Waals surface area contributed by atoms with Crippen LogP contribution in [-0.2, 0) is 15.3 Å². The maximum Gasteiger partial charge on any atom is 0.357 e. The molecule has 0 bridgehead atoms. The van der Waals surface area contributed by atoms with Gasteiger partial charge >= 0.3 is 5.97 Å². The Bertz CT molecular complexity index is 620. The lowest BCUT2D eigenvalue weighted by atomic mass is 10.2. The molecule has 6 heteroatoms. The number of carbonyl (C=O) groups excluding carboxylic acids is 2. The monoisotopic (exact) mass is 330 g/mol. The Labute approximate surface area is 139 Å². The number of pyridine rings is 1. The summed E-state index contributed by atoms with van der Waals surface area (Å²) in [7, 11) is 0. The van der Waals surface area contributed by atoms with Crippen molar-refractivity contribution >= 4 is 23.6 Å². The first kappa shape index (κ1) is 17.0. The van der Waals surface area contributed by atoms with E-state index in [-0.39, 0.29) is 18.2 Å². The summed E-state index contributed by atoms with van der Waals surface area (Å²) >= 11 is 1.74. The Hall–Kier alpha value is -2.34. The third kappa shape index (κ3) is 6.52.